The zero-order chi connectivity index (χ0) is 21.8. The van der Waals surface area contributed by atoms with Crippen LogP contribution in [-0.2, 0) is 0 Å². The predicted octanol–water partition coefficient (Wildman–Crippen LogP) is 4.45. The number of hydrogen-bond acceptors (Lipinski definition) is 6. The summed E-state index contributed by atoms with van der Waals surface area (Å²) in [6.07, 6.45) is 2.41. The summed E-state index contributed by atoms with van der Waals surface area (Å²) >= 11 is 0. The smallest absolute Gasteiger partial charge is 0.255 e. The third-order valence-corrected chi connectivity index (χ3v) is 5.29. The molecule has 7 heteroatoms. The molecule has 3 aromatic rings. The van der Waals surface area contributed by atoms with E-state index >= 15 is 0 Å². The van der Waals surface area contributed by atoms with Crippen LogP contribution in [-0.4, -0.2) is 43.1 Å². The van der Waals surface area contributed by atoms with E-state index in [9.17, 15) is 4.79 Å². The molecule has 31 heavy (non-hydrogen) atoms. The summed E-state index contributed by atoms with van der Waals surface area (Å²) in [7, 11) is 3.91. The van der Waals surface area contributed by atoms with Crippen LogP contribution in [0.25, 0.3) is 0 Å². The first-order valence-corrected chi connectivity index (χ1v) is 10.5. The number of amides is 1. The van der Waals surface area contributed by atoms with Crippen LogP contribution in [0.5, 0.6) is 0 Å². The van der Waals surface area contributed by atoms with Crippen molar-refractivity contribution in [3.63, 3.8) is 0 Å². The lowest BCUT2D eigenvalue weighted by molar-refractivity contribution is 0.102. The molecule has 0 bridgehead atoms. The van der Waals surface area contributed by atoms with Crippen LogP contribution in [0.15, 0.2) is 54.6 Å². The molecule has 0 radical (unpaired) electrons. The Labute approximate surface area is 183 Å². The molecule has 1 fully saturated rings. The van der Waals surface area contributed by atoms with Crippen LogP contribution in [0, 0.1) is 6.92 Å². The summed E-state index contributed by atoms with van der Waals surface area (Å²) in [4.78, 5) is 26.0. The number of carbonyl (C=O) groups excluding carboxylic acids is 1. The van der Waals surface area contributed by atoms with Gasteiger partial charge in [-0.2, -0.15) is 4.98 Å². The van der Waals surface area contributed by atoms with Gasteiger partial charge in [0.2, 0.25) is 5.95 Å². The zero-order valence-electron chi connectivity index (χ0n) is 18.2. The first-order chi connectivity index (χ1) is 15.0. The van der Waals surface area contributed by atoms with E-state index in [4.69, 9.17) is 0 Å². The quantitative estimate of drug-likeness (QED) is 0.619. The van der Waals surface area contributed by atoms with E-state index in [-0.39, 0.29) is 5.91 Å². The summed E-state index contributed by atoms with van der Waals surface area (Å²) in [6.45, 7) is 4.07. The molecule has 0 unspecified atom stereocenters. The monoisotopic (exact) mass is 416 g/mol. The Morgan fingerprint density at radius 1 is 0.968 bits per heavy atom. The number of nitrogens with one attached hydrogen (secondary N) is 2. The molecular formula is C24H28N6O. The normalized spacial score (nSPS) is 13.2. The fraction of sp³-hybridized carbons (Fsp3) is 0.292. The fourth-order valence-corrected chi connectivity index (χ4v) is 3.61. The second-order valence-corrected chi connectivity index (χ2v) is 7.99. The summed E-state index contributed by atoms with van der Waals surface area (Å²) in [5.74, 6) is 1.41. The van der Waals surface area contributed by atoms with Crippen LogP contribution in [0.1, 0.15) is 28.9 Å². The lowest BCUT2D eigenvalue weighted by Crippen LogP contribution is -2.19. The third kappa shape index (κ3) is 5.12. The van der Waals surface area contributed by atoms with Crippen molar-refractivity contribution in [3.8, 4) is 0 Å². The van der Waals surface area contributed by atoms with Gasteiger partial charge in [-0.05, 0) is 62.2 Å². The van der Waals surface area contributed by atoms with E-state index in [0.717, 1.165) is 41.7 Å². The van der Waals surface area contributed by atoms with E-state index in [1.54, 1.807) is 0 Å². The van der Waals surface area contributed by atoms with Crippen molar-refractivity contribution in [2.45, 2.75) is 19.8 Å². The summed E-state index contributed by atoms with van der Waals surface area (Å²) in [6, 6.07) is 17.1. The average molecular weight is 417 g/mol. The fourth-order valence-electron chi connectivity index (χ4n) is 3.61. The number of aromatic nitrogens is 2. The number of nitrogens with zero attached hydrogens (tertiary/aromatic N) is 4. The number of carbonyl (C=O) groups is 1. The molecule has 4 rings (SSSR count). The highest BCUT2D eigenvalue weighted by Gasteiger charge is 2.15. The lowest BCUT2D eigenvalue weighted by atomic mass is 10.1. The highest BCUT2D eigenvalue weighted by Crippen LogP contribution is 2.23. The number of benzene rings is 2. The molecule has 1 amide bonds. The molecule has 1 aliphatic heterocycles. The molecule has 7 nitrogen and oxygen atoms in total. The van der Waals surface area contributed by atoms with Gasteiger partial charge in [-0.1, -0.05) is 6.07 Å². The van der Waals surface area contributed by atoms with E-state index in [1.165, 1.54) is 12.8 Å². The van der Waals surface area contributed by atoms with Crippen molar-refractivity contribution < 1.29 is 4.79 Å². The van der Waals surface area contributed by atoms with Crippen LogP contribution < -0.4 is 20.4 Å². The minimum Gasteiger partial charge on any atom is -0.378 e. The predicted molar refractivity (Wildman–Crippen MR) is 127 cm³/mol. The van der Waals surface area contributed by atoms with Crippen molar-refractivity contribution >= 4 is 34.7 Å². The van der Waals surface area contributed by atoms with Gasteiger partial charge >= 0.3 is 0 Å². The average Bonchev–Trinajstić information content (AvgIpc) is 3.30. The Balaban J connectivity index is 1.43. The molecule has 160 valence electrons. The maximum Gasteiger partial charge on any atom is 0.255 e. The topological polar surface area (TPSA) is 73.4 Å². The maximum atomic E-state index is 12.6. The van der Waals surface area contributed by atoms with Crippen LogP contribution in [0.2, 0.25) is 0 Å². The van der Waals surface area contributed by atoms with Gasteiger partial charge < -0.3 is 20.4 Å². The van der Waals surface area contributed by atoms with Gasteiger partial charge in [-0.25, -0.2) is 4.98 Å². The second-order valence-electron chi connectivity index (χ2n) is 7.99. The van der Waals surface area contributed by atoms with Crippen molar-refractivity contribution in [3.05, 3.63) is 65.9 Å². The maximum absolute atomic E-state index is 12.6. The Morgan fingerprint density at radius 2 is 1.68 bits per heavy atom. The number of rotatable bonds is 6. The molecular weight excluding hydrogens is 388 g/mol. The lowest BCUT2D eigenvalue weighted by Gasteiger charge is -2.17. The molecule has 1 aliphatic rings. The van der Waals surface area contributed by atoms with Crippen LogP contribution in [0.4, 0.5) is 28.8 Å². The standard InChI is InChI=1S/C24H28N6O/c1-17-15-22(30-13-4-5-14-30)28-24(25-17)27-20-11-9-19(10-12-20)26-23(31)18-7-6-8-21(16-18)29(2)3/h6-12,15-16H,4-5,13-14H2,1-3H3,(H,26,31)(H,25,27,28). The van der Waals surface area contributed by atoms with Crippen molar-refractivity contribution in [1.82, 2.24) is 9.97 Å². The number of hydrogen-bond donors (Lipinski definition) is 2. The molecule has 0 aliphatic carbocycles. The van der Waals surface area contributed by atoms with Crippen LogP contribution in [0.3, 0.4) is 0 Å². The van der Waals surface area contributed by atoms with E-state index in [2.05, 4.69) is 25.5 Å². The Kier molecular flexibility index (Phi) is 6.02. The SMILES string of the molecule is Cc1cc(N2CCCC2)nc(Nc2ccc(NC(=O)c3cccc(N(C)C)c3)cc2)n1. The Bertz CT molecular complexity index is 1060. The Morgan fingerprint density at radius 3 is 2.39 bits per heavy atom. The van der Waals surface area contributed by atoms with Crippen molar-refractivity contribution in [1.29, 1.82) is 0 Å². The molecule has 0 saturated carbocycles. The van der Waals surface area contributed by atoms with Gasteiger partial charge in [0.15, 0.2) is 0 Å². The van der Waals surface area contributed by atoms with Crippen molar-refractivity contribution in [2.24, 2.45) is 0 Å². The first-order valence-electron chi connectivity index (χ1n) is 10.5. The second kappa shape index (κ2) is 9.04. The summed E-state index contributed by atoms with van der Waals surface area (Å²) in [5, 5.41) is 6.22. The minimum atomic E-state index is -0.137. The molecule has 1 aromatic heterocycles. The molecule has 2 heterocycles. The highest BCUT2D eigenvalue weighted by atomic mass is 16.1. The number of anilines is 5. The van der Waals surface area contributed by atoms with E-state index < -0.39 is 0 Å². The summed E-state index contributed by atoms with van der Waals surface area (Å²) < 4.78 is 0. The molecule has 0 atom stereocenters. The summed E-state index contributed by atoms with van der Waals surface area (Å²) in [5.41, 5.74) is 4.14. The van der Waals surface area contributed by atoms with Crippen molar-refractivity contribution in [2.75, 3.05) is 47.6 Å². The first kappa shape index (κ1) is 20.7. The highest BCUT2D eigenvalue weighted by molar-refractivity contribution is 6.04. The third-order valence-electron chi connectivity index (χ3n) is 5.29. The van der Waals surface area contributed by atoms with Gasteiger partial charge in [0, 0.05) is 61.6 Å². The zero-order valence-corrected chi connectivity index (χ0v) is 18.2. The Hall–Kier alpha value is -3.61. The minimum absolute atomic E-state index is 0.137. The van der Waals surface area contributed by atoms with Gasteiger partial charge in [-0.15, -0.1) is 0 Å². The molecule has 1 saturated heterocycles. The molecule has 2 N–H and O–H groups in total. The molecule has 2 aromatic carbocycles. The number of aryl methyl sites for hydroxylation is 1. The van der Waals surface area contributed by atoms with Gasteiger partial charge in [0.1, 0.15) is 5.82 Å². The molecule has 0 spiro atoms. The van der Waals surface area contributed by atoms with E-state index in [1.807, 2.05) is 80.5 Å². The van der Waals surface area contributed by atoms with Gasteiger partial charge in [0.25, 0.3) is 5.91 Å². The largest absolute Gasteiger partial charge is 0.378 e. The van der Waals surface area contributed by atoms with Crippen LogP contribution >= 0.6 is 0 Å². The van der Waals surface area contributed by atoms with Gasteiger partial charge in [0.05, 0.1) is 0 Å². The van der Waals surface area contributed by atoms with E-state index in [0.29, 0.717) is 11.5 Å². The van der Waals surface area contributed by atoms with Gasteiger partial charge in [-0.3, -0.25) is 4.79 Å².